The third kappa shape index (κ3) is 3.52. The maximum Gasteiger partial charge on any atom is 0.278 e. The molecule has 0 spiro atoms. The van der Waals surface area contributed by atoms with E-state index in [1.54, 1.807) is 47.2 Å². The summed E-state index contributed by atoms with van der Waals surface area (Å²) in [7, 11) is -4.01. The predicted octanol–water partition coefficient (Wildman–Crippen LogP) is 3.22. The molecule has 5 rings (SSSR count). The van der Waals surface area contributed by atoms with Crippen molar-refractivity contribution in [2.75, 3.05) is 5.73 Å². The maximum absolute atomic E-state index is 13.7. The highest BCUT2D eigenvalue weighted by Crippen LogP contribution is 2.27. The second-order valence-electron chi connectivity index (χ2n) is 8.30. The minimum absolute atomic E-state index is 0.0294. The summed E-state index contributed by atoms with van der Waals surface area (Å²) in [6.07, 6.45) is 1.61. The number of benzene rings is 2. The molecule has 170 valence electrons. The zero-order valence-electron chi connectivity index (χ0n) is 18.8. The smallest absolute Gasteiger partial charge is 0.278 e. The van der Waals surface area contributed by atoms with Gasteiger partial charge in [0, 0.05) is 6.20 Å². The molecule has 7 nitrogen and oxygen atoms in total. The van der Waals surface area contributed by atoms with Gasteiger partial charge in [-0.05, 0) is 60.9 Å². The number of hydrogen-bond acceptors (Lipinski definition) is 5. The molecule has 0 radical (unpaired) electrons. The van der Waals surface area contributed by atoms with Crippen molar-refractivity contribution in [3.63, 3.8) is 0 Å². The molecule has 0 aliphatic heterocycles. The fourth-order valence-electron chi connectivity index (χ4n) is 4.02. The van der Waals surface area contributed by atoms with Gasteiger partial charge in [0.15, 0.2) is 0 Å². The van der Waals surface area contributed by atoms with E-state index in [-0.39, 0.29) is 33.1 Å². The van der Waals surface area contributed by atoms with Crippen LogP contribution in [0.15, 0.2) is 93.6 Å². The Bertz CT molecular complexity index is 1740. The molecule has 0 atom stereocenters. The standard InChI is InChI=1S/C26H22N4O3S/c1-17-11-12-20(14-18(17)2)34(32,33)22-15-21-25(28-23-10-6-7-13-29(23)26(21)31)30(24(22)27)16-19-8-4-3-5-9-19/h3-15,27H,16H2,1-2H3/p+1. The van der Waals surface area contributed by atoms with Gasteiger partial charge < -0.3 is 5.73 Å². The second kappa shape index (κ2) is 8.07. The molecule has 0 bridgehead atoms. The first-order valence-corrected chi connectivity index (χ1v) is 12.3. The Kier molecular flexibility index (Phi) is 5.17. The number of aryl methyl sites for hydroxylation is 2. The molecule has 0 saturated carbocycles. The van der Waals surface area contributed by atoms with E-state index in [2.05, 4.69) is 4.98 Å². The summed E-state index contributed by atoms with van der Waals surface area (Å²) >= 11 is 0. The highest BCUT2D eigenvalue weighted by molar-refractivity contribution is 7.91. The molecule has 8 heteroatoms. The van der Waals surface area contributed by atoms with Crippen molar-refractivity contribution in [3.8, 4) is 0 Å². The molecule has 2 N–H and O–H groups in total. The SMILES string of the molecule is Cc1ccc(S(=O)(=O)c2cc3c(=O)n4ccccc4nc3[n+](Cc3ccccc3)c2N)cc1C. The Hall–Kier alpha value is -4.04. The lowest BCUT2D eigenvalue weighted by Crippen LogP contribution is -2.42. The molecule has 0 saturated heterocycles. The Morgan fingerprint density at radius 3 is 2.41 bits per heavy atom. The lowest BCUT2D eigenvalue weighted by atomic mass is 10.1. The second-order valence-corrected chi connectivity index (χ2v) is 10.2. The van der Waals surface area contributed by atoms with Crippen LogP contribution in [0.3, 0.4) is 0 Å². The van der Waals surface area contributed by atoms with Crippen molar-refractivity contribution in [2.45, 2.75) is 30.2 Å². The predicted molar refractivity (Wildman–Crippen MR) is 130 cm³/mol. The van der Waals surface area contributed by atoms with Gasteiger partial charge >= 0.3 is 0 Å². The number of rotatable bonds is 4. The molecule has 0 amide bonds. The van der Waals surface area contributed by atoms with Gasteiger partial charge in [-0.3, -0.25) is 9.20 Å². The third-order valence-electron chi connectivity index (χ3n) is 6.08. The summed E-state index contributed by atoms with van der Waals surface area (Å²) in [5.74, 6) is 0.0294. The monoisotopic (exact) mass is 471 g/mol. The Morgan fingerprint density at radius 1 is 0.941 bits per heavy atom. The van der Waals surface area contributed by atoms with Gasteiger partial charge in [0.1, 0.15) is 10.3 Å². The number of nitrogen functional groups attached to an aromatic ring is 1. The van der Waals surface area contributed by atoms with Gasteiger partial charge in [0.05, 0.1) is 11.4 Å². The van der Waals surface area contributed by atoms with E-state index >= 15 is 0 Å². The zero-order valence-corrected chi connectivity index (χ0v) is 19.6. The van der Waals surface area contributed by atoms with Crippen LogP contribution in [0, 0.1) is 13.8 Å². The molecule has 0 unspecified atom stereocenters. The first-order chi connectivity index (χ1) is 16.3. The van der Waals surface area contributed by atoms with Crippen LogP contribution in [0.4, 0.5) is 5.82 Å². The molecule has 0 aliphatic carbocycles. The Balaban J connectivity index is 1.86. The average Bonchev–Trinajstić information content (AvgIpc) is 2.83. The van der Waals surface area contributed by atoms with Crippen molar-refractivity contribution < 1.29 is 13.0 Å². The van der Waals surface area contributed by atoms with Crippen LogP contribution < -0.4 is 15.9 Å². The number of nitrogens with two attached hydrogens (primary N) is 1. The van der Waals surface area contributed by atoms with Crippen LogP contribution >= 0.6 is 0 Å². The van der Waals surface area contributed by atoms with E-state index in [0.29, 0.717) is 11.3 Å². The van der Waals surface area contributed by atoms with E-state index in [9.17, 15) is 13.2 Å². The molecular weight excluding hydrogens is 448 g/mol. The summed E-state index contributed by atoms with van der Waals surface area (Å²) < 4.78 is 30.4. The van der Waals surface area contributed by atoms with Crippen molar-refractivity contribution in [2.24, 2.45) is 0 Å². The van der Waals surface area contributed by atoms with E-state index in [0.717, 1.165) is 16.7 Å². The summed E-state index contributed by atoms with van der Waals surface area (Å²) in [4.78, 5) is 18.1. The minimum Gasteiger partial charge on any atom is -0.317 e. The number of aromatic nitrogens is 3. The van der Waals surface area contributed by atoms with Gasteiger partial charge in [-0.2, -0.15) is 0 Å². The number of sulfone groups is 1. The maximum atomic E-state index is 13.7. The number of fused-ring (bicyclic) bond motifs is 2. The molecular formula is C26H23N4O3S+. The summed E-state index contributed by atoms with van der Waals surface area (Å²) in [5.41, 5.74) is 9.67. The number of pyridine rings is 2. The van der Waals surface area contributed by atoms with Crippen LogP contribution in [0.25, 0.3) is 16.7 Å². The van der Waals surface area contributed by atoms with Gasteiger partial charge in [-0.15, -0.1) is 0 Å². The normalized spacial score (nSPS) is 11.8. The van der Waals surface area contributed by atoms with Gasteiger partial charge in [-0.1, -0.05) is 47.4 Å². The Morgan fingerprint density at radius 2 is 1.68 bits per heavy atom. The fraction of sp³-hybridized carbons (Fsp3) is 0.115. The largest absolute Gasteiger partial charge is 0.317 e. The Labute approximate surface area is 196 Å². The zero-order chi connectivity index (χ0) is 24.0. The highest BCUT2D eigenvalue weighted by atomic mass is 32.2. The quantitative estimate of drug-likeness (QED) is 0.321. The fourth-order valence-corrected chi connectivity index (χ4v) is 5.52. The van der Waals surface area contributed by atoms with Crippen LogP contribution in [0.5, 0.6) is 0 Å². The van der Waals surface area contributed by atoms with Gasteiger partial charge in [-0.25, -0.2) is 13.0 Å². The number of nitrogens with zero attached hydrogens (tertiary/aromatic N) is 3. The molecule has 3 aromatic heterocycles. The van der Waals surface area contributed by atoms with Crippen LogP contribution in [0.2, 0.25) is 0 Å². The van der Waals surface area contributed by atoms with Crippen molar-refractivity contribution in [1.82, 2.24) is 9.38 Å². The first kappa shape index (κ1) is 21.8. The topological polar surface area (TPSA) is 98.4 Å². The molecule has 0 aliphatic rings. The minimum atomic E-state index is -4.01. The molecule has 34 heavy (non-hydrogen) atoms. The van der Waals surface area contributed by atoms with Crippen LogP contribution in [-0.2, 0) is 16.4 Å². The first-order valence-electron chi connectivity index (χ1n) is 10.8. The van der Waals surface area contributed by atoms with Gasteiger partial charge in [0.2, 0.25) is 21.3 Å². The number of hydrogen-bond donors (Lipinski definition) is 1. The molecule has 0 fully saturated rings. The number of anilines is 1. The lowest BCUT2D eigenvalue weighted by molar-refractivity contribution is -0.651. The van der Waals surface area contributed by atoms with Crippen LogP contribution in [0.1, 0.15) is 16.7 Å². The molecule has 5 aromatic rings. The van der Waals surface area contributed by atoms with Crippen molar-refractivity contribution in [1.29, 1.82) is 0 Å². The van der Waals surface area contributed by atoms with Gasteiger partial charge in [0.25, 0.3) is 11.2 Å². The average molecular weight is 472 g/mol. The van der Waals surface area contributed by atoms with Crippen molar-refractivity contribution in [3.05, 3.63) is 106 Å². The lowest BCUT2D eigenvalue weighted by Gasteiger charge is -2.13. The van der Waals surface area contributed by atoms with Crippen LogP contribution in [-0.4, -0.2) is 17.8 Å². The van der Waals surface area contributed by atoms with Crippen molar-refractivity contribution >= 4 is 32.3 Å². The highest BCUT2D eigenvalue weighted by Gasteiger charge is 2.29. The van der Waals surface area contributed by atoms with E-state index in [1.165, 1.54) is 10.5 Å². The summed E-state index contributed by atoms with van der Waals surface area (Å²) in [6, 6.07) is 21.1. The van der Waals surface area contributed by atoms with E-state index in [4.69, 9.17) is 5.73 Å². The summed E-state index contributed by atoms with van der Waals surface area (Å²) in [5, 5.41) is 0.177. The molecule has 3 heterocycles. The summed E-state index contributed by atoms with van der Waals surface area (Å²) in [6.45, 7) is 4.03. The molecule has 2 aromatic carbocycles. The van der Waals surface area contributed by atoms with E-state index in [1.807, 2.05) is 44.2 Å². The third-order valence-corrected chi connectivity index (χ3v) is 7.87. The van der Waals surface area contributed by atoms with E-state index < -0.39 is 9.84 Å².